The van der Waals surface area contributed by atoms with Crippen LogP contribution in [0.3, 0.4) is 0 Å². The van der Waals surface area contributed by atoms with Crippen molar-refractivity contribution in [3.8, 4) is 0 Å². The van der Waals surface area contributed by atoms with Crippen molar-refractivity contribution in [2.75, 3.05) is 23.8 Å². The van der Waals surface area contributed by atoms with E-state index in [9.17, 15) is 4.79 Å². The Kier molecular flexibility index (Phi) is 5.26. The number of hydrogen-bond acceptors (Lipinski definition) is 3. The number of nitrogens with one attached hydrogen (secondary N) is 2. The topological polar surface area (TPSA) is 50.4 Å². The zero-order valence-corrected chi connectivity index (χ0v) is 12.3. The minimum atomic E-state index is -0.275. The molecular weight excluding hydrogens is 276 g/mol. The molecule has 20 heavy (non-hydrogen) atoms. The maximum Gasteiger partial charge on any atom is 0.253 e. The summed E-state index contributed by atoms with van der Waals surface area (Å²) in [5, 5.41) is 6.34. The maximum atomic E-state index is 12.1. The summed E-state index contributed by atoms with van der Waals surface area (Å²) in [5.41, 5.74) is 3.36. The fraction of sp³-hybridized carbons (Fsp3) is 0.533. The third-order valence-corrected chi connectivity index (χ3v) is 3.78. The van der Waals surface area contributed by atoms with Crippen LogP contribution in [0.5, 0.6) is 0 Å². The first-order valence-corrected chi connectivity index (χ1v) is 7.12. The number of anilines is 2. The van der Waals surface area contributed by atoms with E-state index in [1.165, 1.54) is 11.3 Å². The summed E-state index contributed by atoms with van der Waals surface area (Å²) in [6.45, 7) is 1.74. The van der Waals surface area contributed by atoms with E-state index in [0.29, 0.717) is 6.61 Å². The van der Waals surface area contributed by atoms with Gasteiger partial charge in [0.25, 0.3) is 5.91 Å². The first-order valence-electron chi connectivity index (χ1n) is 7.12. The first-order chi connectivity index (χ1) is 9.33. The lowest BCUT2D eigenvalue weighted by atomic mass is 10.0. The molecule has 2 aliphatic heterocycles. The molecule has 110 valence electrons. The van der Waals surface area contributed by atoms with E-state index < -0.39 is 0 Å². The number of amides is 1. The van der Waals surface area contributed by atoms with Gasteiger partial charge in [-0.05, 0) is 55.9 Å². The number of rotatable bonds is 2. The minimum Gasteiger partial charge on any atom is -0.385 e. The zero-order chi connectivity index (χ0) is 13.1. The molecule has 0 radical (unpaired) electrons. The summed E-state index contributed by atoms with van der Waals surface area (Å²) in [6.07, 6.45) is 4.92. The molecule has 2 N–H and O–H groups in total. The van der Waals surface area contributed by atoms with E-state index >= 15 is 0 Å². The fourth-order valence-corrected chi connectivity index (χ4v) is 2.72. The molecule has 0 aliphatic carbocycles. The second kappa shape index (κ2) is 6.95. The van der Waals surface area contributed by atoms with Crippen LogP contribution in [0.1, 0.15) is 31.2 Å². The van der Waals surface area contributed by atoms with Gasteiger partial charge in [-0.15, -0.1) is 12.4 Å². The van der Waals surface area contributed by atoms with Crippen LogP contribution in [0, 0.1) is 0 Å². The summed E-state index contributed by atoms with van der Waals surface area (Å²) < 4.78 is 5.50. The maximum absolute atomic E-state index is 12.1. The summed E-state index contributed by atoms with van der Waals surface area (Å²) in [5.74, 6) is -0.0107. The number of fused-ring (bicyclic) bond motifs is 1. The molecule has 1 amide bonds. The minimum absolute atomic E-state index is 0. The molecule has 4 nitrogen and oxygen atoms in total. The van der Waals surface area contributed by atoms with Gasteiger partial charge in [0.2, 0.25) is 0 Å². The molecular formula is C15H21ClN2O2. The van der Waals surface area contributed by atoms with Crippen LogP contribution in [0.15, 0.2) is 18.2 Å². The third kappa shape index (κ3) is 3.44. The largest absolute Gasteiger partial charge is 0.385 e. The van der Waals surface area contributed by atoms with Crippen molar-refractivity contribution >= 4 is 29.7 Å². The van der Waals surface area contributed by atoms with Crippen molar-refractivity contribution < 1.29 is 9.53 Å². The van der Waals surface area contributed by atoms with Crippen LogP contribution in [0.2, 0.25) is 0 Å². The van der Waals surface area contributed by atoms with Gasteiger partial charge in [-0.25, -0.2) is 0 Å². The highest BCUT2D eigenvalue weighted by Crippen LogP contribution is 2.25. The Hall–Kier alpha value is -1.26. The highest BCUT2D eigenvalue weighted by molar-refractivity contribution is 5.94. The van der Waals surface area contributed by atoms with Crippen LogP contribution in [0.4, 0.5) is 11.4 Å². The third-order valence-electron chi connectivity index (χ3n) is 3.78. The van der Waals surface area contributed by atoms with Crippen molar-refractivity contribution in [3.63, 3.8) is 0 Å². The Labute approximate surface area is 125 Å². The predicted molar refractivity (Wildman–Crippen MR) is 82.7 cm³/mol. The SMILES string of the molecule is Cl.O=C(Nc1ccc2c(c1)CCCN2)C1CCCCO1. The monoisotopic (exact) mass is 296 g/mol. The molecule has 0 bridgehead atoms. The van der Waals surface area contributed by atoms with Crippen molar-refractivity contribution in [1.29, 1.82) is 0 Å². The molecule has 5 heteroatoms. The molecule has 1 saturated heterocycles. The van der Waals surface area contributed by atoms with Crippen molar-refractivity contribution in [1.82, 2.24) is 0 Å². The van der Waals surface area contributed by atoms with E-state index in [4.69, 9.17) is 4.74 Å². The molecule has 0 aromatic heterocycles. The van der Waals surface area contributed by atoms with Crippen molar-refractivity contribution in [2.24, 2.45) is 0 Å². The Morgan fingerprint density at radius 3 is 3.00 bits per heavy atom. The van der Waals surface area contributed by atoms with Crippen LogP contribution in [-0.2, 0) is 16.0 Å². The molecule has 1 aromatic rings. The van der Waals surface area contributed by atoms with Gasteiger partial charge in [-0.3, -0.25) is 4.79 Å². The number of aryl methyl sites for hydroxylation is 1. The molecule has 2 heterocycles. The van der Waals surface area contributed by atoms with E-state index in [2.05, 4.69) is 16.7 Å². The van der Waals surface area contributed by atoms with E-state index in [1.807, 2.05) is 12.1 Å². The zero-order valence-electron chi connectivity index (χ0n) is 11.5. The van der Waals surface area contributed by atoms with Crippen LogP contribution in [0.25, 0.3) is 0 Å². The highest BCUT2D eigenvalue weighted by Gasteiger charge is 2.22. The number of ether oxygens (including phenoxy) is 1. The fourth-order valence-electron chi connectivity index (χ4n) is 2.72. The quantitative estimate of drug-likeness (QED) is 0.882. The number of carbonyl (C=O) groups excluding carboxylic acids is 1. The molecule has 2 aliphatic rings. The van der Waals surface area contributed by atoms with Gasteiger partial charge < -0.3 is 15.4 Å². The number of carbonyl (C=O) groups is 1. The predicted octanol–water partition coefficient (Wildman–Crippen LogP) is 2.97. The Bertz CT molecular complexity index is 473. The van der Waals surface area contributed by atoms with Gasteiger partial charge in [0, 0.05) is 24.5 Å². The lowest BCUT2D eigenvalue weighted by Crippen LogP contribution is -2.33. The molecule has 3 rings (SSSR count). The van der Waals surface area contributed by atoms with Crippen molar-refractivity contribution in [2.45, 2.75) is 38.2 Å². The lowest BCUT2D eigenvalue weighted by molar-refractivity contribution is -0.129. The lowest BCUT2D eigenvalue weighted by Gasteiger charge is -2.22. The molecule has 1 unspecified atom stereocenters. The second-order valence-electron chi connectivity index (χ2n) is 5.25. The van der Waals surface area contributed by atoms with Gasteiger partial charge in [0.15, 0.2) is 0 Å². The summed E-state index contributed by atoms with van der Waals surface area (Å²) in [4.78, 5) is 12.1. The van der Waals surface area contributed by atoms with Crippen LogP contribution >= 0.6 is 12.4 Å². The van der Waals surface area contributed by atoms with Gasteiger partial charge in [-0.2, -0.15) is 0 Å². The van der Waals surface area contributed by atoms with Crippen LogP contribution in [-0.4, -0.2) is 25.2 Å². The second-order valence-corrected chi connectivity index (χ2v) is 5.25. The van der Waals surface area contributed by atoms with Crippen molar-refractivity contribution in [3.05, 3.63) is 23.8 Å². The highest BCUT2D eigenvalue weighted by atomic mass is 35.5. The number of halogens is 1. The Balaban J connectivity index is 0.00000147. The average Bonchev–Trinajstić information content (AvgIpc) is 2.48. The normalized spacial score (nSPS) is 21.1. The van der Waals surface area contributed by atoms with Gasteiger partial charge in [0.1, 0.15) is 6.10 Å². The van der Waals surface area contributed by atoms with E-state index in [-0.39, 0.29) is 24.4 Å². The summed E-state index contributed by atoms with van der Waals surface area (Å²) >= 11 is 0. The molecule has 1 aromatic carbocycles. The van der Waals surface area contributed by atoms with Crippen LogP contribution < -0.4 is 10.6 Å². The van der Waals surface area contributed by atoms with E-state index in [0.717, 1.165) is 44.3 Å². The summed E-state index contributed by atoms with van der Waals surface area (Å²) in [7, 11) is 0. The molecule has 0 spiro atoms. The number of hydrogen-bond donors (Lipinski definition) is 2. The van der Waals surface area contributed by atoms with Gasteiger partial charge in [-0.1, -0.05) is 0 Å². The van der Waals surface area contributed by atoms with Gasteiger partial charge in [0.05, 0.1) is 0 Å². The summed E-state index contributed by atoms with van der Waals surface area (Å²) in [6, 6.07) is 6.08. The molecule has 1 atom stereocenters. The standard InChI is InChI=1S/C15H20N2O2.ClH/c18-15(14-5-1-2-9-19-14)17-12-6-7-13-11(10-12)4-3-8-16-13;/h6-7,10,14,16H,1-5,8-9H2,(H,17,18);1H. The van der Waals surface area contributed by atoms with Gasteiger partial charge >= 0.3 is 0 Å². The molecule has 0 saturated carbocycles. The Morgan fingerprint density at radius 2 is 2.20 bits per heavy atom. The average molecular weight is 297 g/mol. The first kappa shape index (κ1) is 15.1. The molecule has 1 fully saturated rings. The smallest absolute Gasteiger partial charge is 0.253 e. The van der Waals surface area contributed by atoms with E-state index in [1.54, 1.807) is 0 Å². The number of benzene rings is 1. The Morgan fingerprint density at radius 1 is 1.30 bits per heavy atom.